The molecule has 0 radical (unpaired) electrons. The fraction of sp³-hybridized carbons (Fsp3) is 0.800. The van der Waals surface area contributed by atoms with Crippen LogP contribution in [0.25, 0.3) is 0 Å². The van der Waals surface area contributed by atoms with Crippen molar-refractivity contribution < 1.29 is 14.4 Å². The first-order valence-electron chi connectivity index (χ1n) is 11.3. The van der Waals surface area contributed by atoms with E-state index in [2.05, 4.69) is 46.2 Å². The molecule has 0 spiro atoms. The number of rotatable bonds is 3. The van der Waals surface area contributed by atoms with Gasteiger partial charge in [-0.3, -0.25) is 24.2 Å². The summed E-state index contributed by atoms with van der Waals surface area (Å²) >= 11 is 0. The van der Waals surface area contributed by atoms with Gasteiger partial charge >= 0.3 is 0 Å². The molecular formula is C25H45N3O3. The molecule has 3 aliphatic heterocycles. The third kappa shape index (κ3) is 5.76. The number of hydrogen-bond acceptors (Lipinski definition) is 4. The maximum Gasteiger partial charge on any atom is 0.232 e. The van der Waals surface area contributed by atoms with Gasteiger partial charge in [-0.25, -0.2) is 0 Å². The van der Waals surface area contributed by atoms with Crippen molar-refractivity contribution in [1.82, 2.24) is 14.7 Å². The Morgan fingerprint density at radius 2 is 1.35 bits per heavy atom. The summed E-state index contributed by atoms with van der Waals surface area (Å²) in [5.41, 5.74) is 1.17. The van der Waals surface area contributed by atoms with Crippen LogP contribution in [0.3, 0.4) is 0 Å². The molecule has 6 heteroatoms. The highest BCUT2D eigenvalue weighted by molar-refractivity contribution is 6.03. The van der Waals surface area contributed by atoms with Gasteiger partial charge in [0.1, 0.15) is 0 Å². The number of nitrogens with zero attached hydrogens (tertiary/aromatic N) is 3. The Kier molecular flexibility index (Phi) is 8.68. The molecule has 3 heterocycles. The number of likely N-dealkylation sites (tertiary alicyclic amines) is 3. The lowest BCUT2D eigenvalue weighted by Gasteiger charge is -2.54. The topological polar surface area (TPSA) is 60.9 Å². The summed E-state index contributed by atoms with van der Waals surface area (Å²) in [6, 6.07) is 0. The van der Waals surface area contributed by atoms with E-state index < -0.39 is 0 Å². The average Bonchev–Trinajstić information content (AvgIpc) is 3.01. The average molecular weight is 436 g/mol. The SMILES string of the molecule is C.C=C1CC(C)C(=O)N1CC.CC1CC(=O)N(CC2CC(C)(C)N(C)C(C)(C)C2)C1=O. The third-order valence-electron chi connectivity index (χ3n) is 7.23. The van der Waals surface area contributed by atoms with Crippen LogP contribution in [0.1, 0.15) is 81.6 Å². The van der Waals surface area contributed by atoms with E-state index in [4.69, 9.17) is 0 Å². The van der Waals surface area contributed by atoms with Gasteiger partial charge in [-0.2, -0.15) is 0 Å². The van der Waals surface area contributed by atoms with Crippen LogP contribution in [0.15, 0.2) is 12.3 Å². The quantitative estimate of drug-likeness (QED) is 0.620. The molecule has 2 atom stereocenters. The van der Waals surface area contributed by atoms with Gasteiger partial charge in [0.05, 0.1) is 0 Å². The number of carbonyl (C=O) groups is 3. The lowest BCUT2D eigenvalue weighted by Crippen LogP contribution is -2.59. The predicted octanol–water partition coefficient (Wildman–Crippen LogP) is 4.30. The number of hydrogen-bond donors (Lipinski definition) is 0. The smallest absolute Gasteiger partial charge is 0.232 e. The van der Waals surface area contributed by atoms with Crippen molar-refractivity contribution in [3.63, 3.8) is 0 Å². The Labute approximate surface area is 190 Å². The van der Waals surface area contributed by atoms with Gasteiger partial charge in [0.15, 0.2) is 0 Å². The molecule has 2 unspecified atom stereocenters. The van der Waals surface area contributed by atoms with E-state index in [0.29, 0.717) is 18.9 Å². The van der Waals surface area contributed by atoms with Crippen molar-refractivity contribution in [2.75, 3.05) is 20.1 Å². The van der Waals surface area contributed by atoms with Crippen LogP contribution in [0, 0.1) is 17.8 Å². The van der Waals surface area contributed by atoms with Crippen LogP contribution in [0.2, 0.25) is 0 Å². The summed E-state index contributed by atoms with van der Waals surface area (Å²) in [5.74, 6) is 0.686. The molecule has 0 aromatic carbocycles. The van der Waals surface area contributed by atoms with E-state index in [0.717, 1.165) is 31.5 Å². The molecule has 0 aromatic heterocycles. The normalized spacial score (nSPS) is 28.5. The zero-order chi connectivity index (χ0) is 23.0. The second kappa shape index (κ2) is 9.85. The van der Waals surface area contributed by atoms with Gasteiger partial charge in [0.2, 0.25) is 17.7 Å². The van der Waals surface area contributed by atoms with Crippen LogP contribution in [0.5, 0.6) is 0 Å². The van der Waals surface area contributed by atoms with Crippen molar-refractivity contribution in [2.45, 2.75) is 92.7 Å². The summed E-state index contributed by atoms with van der Waals surface area (Å²) < 4.78 is 0. The molecule has 3 rings (SSSR count). The first kappa shape index (κ1) is 27.3. The number of allylic oxidation sites excluding steroid dienone is 1. The monoisotopic (exact) mass is 435 g/mol. The lowest BCUT2D eigenvalue weighted by atomic mass is 9.74. The Morgan fingerprint density at radius 3 is 1.68 bits per heavy atom. The number of piperidine rings is 1. The zero-order valence-corrected chi connectivity index (χ0v) is 20.2. The maximum absolute atomic E-state index is 12.1. The molecule has 0 aliphatic carbocycles. The third-order valence-corrected chi connectivity index (χ3v) is 7.23. The molecule has 0 saturated carbocycles. The maximum atomic E-state index is 12.1. The minimum Gasteiger partial charge on any atom is -0.317 e. The Morgan fingerprint density at radius 1 is 0.903 bits per heavy atom. The van der Waals surface area contributed by atoms with Gasteiger partial charge in [0, 0.05) is 48.1 Å². The fourth-order valence-corrected chi connectivity index (χ4v) is 5.36. The predicted molar refractivity (Wildman–Crippen MR) is 126 cm³/mol. The van der Waals surface area contributed by atoms with Gasteiger partial charge in [-0.15, -0.1) is 0 Å². The number of amides is 3. The van der Waals surface area contributed by atoms with Crippen molar-refractivity contribution in [2.24, 2.45) is 17.8 Å². The molecular weight excluding hydrogens is 390 g/mol. The van der Waals surface area contributed by atoms with E-state index >= 15 is 0 Å². The summed E-state index contributed by atoms with van der Waals surface area (Å²) in [4.78, 5) is 40.9. The lowest BCUT2D eigenvalue weighted by molar-refractivity contribution is -0.141. The van der Waals surface area contributed by atoms with Crippen LogP contribution in [-0.2, 0) is 14.4 Å². The van der Waals surface area contributed by atoms with E-state index in [-0.39, 0.29) is 48.1 Å². The van der Waals surface area contributed by atoms with Gasteiger partial charge in [-0.1, -0.05) is 27.9 Å². The standard InChI is InChI=1S/C16H28N2O2.C8H13NO.CH4/c1-11-7-13(19)18(14(11)20)10-12-8-15(2,3)17(6)16(4,5)9-12;1-4-9-7(3)5-6(2)8(9)10;/h11-12H,7-10H2,1-6H3;6H,3-5H2,1-2H3;1H4. The molecule has 3 aliphatic rings. The molecule has 3 saturated heterocycles. The number of imide groups is 1. The van der Waals surface area contributed by atoms with Crippen LogP contribution in [-0.4, -0.2) is 63.6 Å². The van der Waals surface area contributed by atoms with E-state index in [1.807, 2.05) is 20.8 Å². The Hall–Kier alpha value is -1.69. The van der Waals surface area contributed by atoms with Gasteiger partial charge < -0.3 is 4.90 Å². The summed E-state index contributed by atoms with van der Waals surface area (Å²) in [5, 5.41) is 0. The largest absolute Gasteiger partial charge is 0.317 e. The van der Waals surface area contributed by atoms with Crippen LogP contribution < -0.4 is 0 Å². The molecule has 178 valence electrons. The zero-order valence-electron chi connectivity index (χ0n) is 20.2. The Bertz CT molecular complexity index is 695. The van der Waals surface area contributed by atoms with Crippen molar-refractivity contribution in [1.29, 1.82) is 0 Å². The molecule has 0 aromatic rings. The number of carbonyl (C=O) groups excluding carboxylic acids is 3. The molecule has 3 fully saturated rings. The molecule has 31 heavy (non-hydrogen) atoms. The van der Waals surface area contributed by atoms with Gasteiger partial charge in [-0.05, 0) is 66.8 Å². The summed E-state index contributed by atoms with van der Waals surface area (Å²) in [6.07, 6.45) is 3.28. The van der Waals surface area contributed by atoms with Crippen molar-refractivity contribution >= 4 is 17.7 Å². The minimum atomic E-state index is -0.130. The minimum absolute atomic E-state index is 0. The van der Waals surface area contributed by atoms with Crippen LogP contribution in [0.4, 0.5) is 0 Å². The molecule has 6 nitrogen and oxygen atoms in total. The molecule has 0 N–H and O–H groups in total. The summed E-state index contributed by atoms with van der Waals surface area (Å²) in [6.45, 7) is 19.9. The molecule has 0 bridgehead atoms. The van der Waals surface area contributed by atoms with Crippen molar-refractivity contribution in [3.05, 3.63) is 12.3 Å². The van der Waals surface area contributed by atoms with E-state index in [1.54, 1.807) is 4.90 Å². The van der Waals surface area contributed by atoms with E-state index in [9.17, 15) is 14.4 Å². The fourth-order valence-electron chi connectivity index (χ4n) is 5.36. The second-order valence-electron chi connectivity index (χ2n) is 10.7. The highest BCUT2D eigenvalue weighted by Gasteiger charge is 2.45. The first-order valence-corrected chi connectivity index (χ1v) is 11.3. The summed E-state index contributed by atoms with van der Waals surface area (Å²) in [7, 11) is 2.17. The highest BCUT2D eigenvalue weighted by atomic mass is 16.2. The highest BCUT2D eigenvalue weighted by Crippen LogP contribution is 2.40. The van der Waals surface area contributed by atoms with Crippen LogP contribution >= 0.6 is 0 Å². The Balaban J connectivity index is 0.000000370. The second-order valence-corrected chi connectivity index (χ2v) is 10.7. The van der Waals surface area contributed by atoms with E-state index in [1.165, 1.54) is 4.90 Å². The molecule has 3 amide bonds. The van der Waals surface area contributed by atoms with Gasteiger partial charge in [0.25, 0.3) is 0 Å². The van der Waals surface area contributed by atoms with Crippen molar-refractivity contribution in [3.8, 4) is 0 Å². The first-order chi connectivity index (χ1) is 13.7.